The fraction of sp³-hybridized carbons (Fsp3) is 0.182. The lowest BCUT2D eigenvalue weighted by atomic mass is 10.1. The van der Waals surface area contributed by atoms with Gasteiger partial charge in [0, 0.05) is 29.0 Å². The Morgan fingerprint density at radius 1 is 1.03 bits per heavy atom. The molecule has 2 N–H and O–H groups in total. The predicted octanol–water partition coefficient (Wildman–Crippen LogP) is 3.80. The first kappa shape index (κ1) is 21.1. The van der Waals surface area contributed by atoms with Crippen molar-refractivity contribution in [2.45, 2.75) is 31.2 Å². The van der Waals surface area contributed by atoms with Crippen LogP contribution in [0.3, 0.4) is 0 Å². The normalized spacial score (nSPS) is 11.1. The van der Waals surface area contributed by atoms with Gasteiger partial charge in [-0.05, 0) is 48.7 Å². The lowest BCUT2D eigenvalue weighted by Gasteiger charge is -2.14. The van der Waals surface area contributed by atoms with E-state index in [0.717, 1.165) is 27.5 Å². The van der Waals surface area contributed by atoms with Crippen LogP contribution in [0.25, 0.3) is 5.69 Å². The molecule has 0 saturated heterocycles. The first-order valence-corrected chi connectivity index (χ1v) is 11.0. The third-order valence-corrected chi connectivity index (χ3v) is 5.96. The molecule has 158 valence electrons. The molecule has 0 aliphatic rings. The highest BCUT2D eigenvalue weighted by molar-refractivity contribution is 7.98. The Morgan fingerprint density at radius 2 is 1.87 bits per heavy atom. The van der Waals surface area contributed by atoms with E-state index in [1.165, 1.54) is 6.07 Å². The molecule has 4 rings (SSSR count). The maximum atomic E-state index is 11.7. The Kier molecular flexibility index (Phi) is 6.11. The summed E-state index contributed by atoms with van der Waals surface area (Å²) in [6.07, 6.45) is 0.261. The number of benzene rings is 2. The molecule has 2 aromatic carbocycles. The van der Waals surface area contributed by atoms with Crippen LogP contribution >= 0.6 is 23.4 Å². The summed E-state index contributed by atoms with van der Waals surface area (Å²) in [4.78, 5) is 28.2. The molecule has 2 aromatic heterocycles. The van der Waals surface area contributed by atoms with Gasteiger partial charge in [-0.1, -0.05) is 47.6 Å². The first-order valence-electron chi connectivity index (χ1n) is 9.61. The maximum absolute atomic E-state index is 11.7. The summed E-state index contributed by atoms with van der Waals surface area (Å²) < 4.78 is 1.98. The van der Waals surface area contributed by atoms with Crippen molar-refractivity contribution in [3.8, 4) is 5.69 Å². The highest BCUT2D eigenvalue weighted by Crippen LogP contribution is 2.28. The zero-order valence-electron chi connectivity index (χ0n) is 17.0. The Bertz CT molecular complexity index is 1330. The van der Waals surface area contributed by atoms with Gasteiger partial charge in [0.1, 0.15) is 5.82 Å². The van der Waals surface area contributed by atoms with Gasteiger partial charge in [0.2, 0.25) is 0 Å². The van der Waals surface area contributed by atoms with Crippen LogP contribution in [-0.2, 0) is 12.2 Å². The Hall–Kier alpha value is -3.10. The SMILES string of the molecule is Cc1ccc(C)c(-n2c(Cc3cc(=O)[nH]c(=O)[nH]3)nnc2SCc2cccc(Cl)c2)c1. The number of aromatic nitrogens is 5. The molecule has 2 heterocycles. The Labute approximate surface area is 187 Å². The van der Waals surface area contributed by atoms with Crippen LogP contribution in [-0.4, -0.2) is 24.7 Å². The Morgan fingerprint density at radius 3 is 2.65 bits per heavy atom. The van der Waals surface area contributed by atoms with E-state index in [1.54, 1.807) is 11.8 Å². The van der Waals surface area contributed by atoms with Crippen molar-refractivity contribution in [1.29, 1.82) is 0 Å². The average Bonchev–Trinajstić information content (AvgIpc) is 3.09. The number of hydrogen-bond acceptors (Lipinski definition) is 5. The second-order valence-electron chi connectivity index (χ2n) is 7.23. The van der Waals surface area contributed by atoms with E-state index in [-0.39, 0.29) is 6.42 Å². The van der Waals surface area contributed by atoms with Crippen LogP contribution in [0.5, 0.6) is 0 Å². The number of hydrogen-bond donors (Lipinski definition) is 2. The summed E-state index contributed by atoms with van der Waals surface area (Å²) in [7, 11) is 0. The minimum atomic E-state index is -0.546. The smallest absolute Gasteiger partial charge is 0.311 e. The van der Waals surface area contributed by atoms with Crippen molar-refractivity contribution in [3.63, 3.8) is 0 Å². The van der Waals surface area contributed by atoms with Crippen molar-refractivity contribution < 1.29 is 0 Å². The third kappa shape index (κ3) is 4.98. The largest absolute Gasteiger partial charge is 0.325 e. The lowest BCUT2D eigenvalue weighted by Crippen LogP contribution is -2.23. The molecule has 0 bridgehead atoms. The molecular formula is C22H20ClN5O2S. The topological polar surface area (TPSA) is 96.4 Å². The first-order chi connectivity index (χ1) is 14.9. The summed E-state index contributed by atoms with van der Waals surface area (Å²) in [5.41, 5.74) is 3.68. The number of thioether (sulfide) groups is 1. The minimum Gasteiger partial charge on any atom is -0.311 e. The molecule has 9 heteroatoms. The van der Waals surface area contributed by atoms with E-state index >= 15 is 0 Å². The second kappa shape index (κ2) is 8.95. The van der Waals surface area contributed by atoms with Crippen LogP contribution in [0.15, 0.2) is 63.3 Å². The molecule has 0 radical (unpaired) electrons. The molecule has 0 spiro atoms. The van der Waals surface area contributed by atoms with E-state index < -0.39 is 11.2 Å². The van der Waals surface area contributed by atoms with E-state index in [9.17, 15) is 9.59 Å². The van der Waals surface area contributed by atoms with Crippen LogP contribution in [0.1, 0.15) is 28.2 Å². The molecule has 4 aromatic rings. The number of nitrogens with one attached hydrogen (secondary N) is 2. The lowest BCUT2D eigenvalue weighted by molar-refractivity contribution is 0.823. The summed E-state index contributed by atoms with van der Waals surface area (Å²) >= 11 is 7.66. The van der Waals surface area contributed by atoms with Crippen molar-refractivity contribution >= 4 is 23.4 Å². The van der Waals surface area contributed by atoms with Crippen molar-refractivity contribution in [2.75, 3.05) is 0 Å². The highest BCUT2D eigenvalue weighted by Gasteiger charge is 2.17. The number of halogens is 1. The fourth-order valence-electron chi connectivity index (χ4n) is 3.27. The van der Waals surface area contributed by atoms with E-state index in [2.05, 4.69) is 38.4 Å². The minimum absolute atomic E-state index is 0.261. The van der Waals surface area contributed by atoms with E-state index in [1.807, 2.05) is 42.7 Å². The van der Waals surface area contributed by atoms with Crippen LogP contribution in [0, 0.1) is 13.8 Å². The van der Waals surface area contributed by atoms with Gasteiger partial charge in [-0.2, -0.15) is 0 Å². The molecule has 7 nitrogen and oxygen atoms in total. The number of H-pyrrole nitrogens is 2. The summed E-state index contributed by atoms with van der Waals surface area (Å²) in [5.74, 6) is 1.30. The quantitative estimate of drug-likeness (QED) is 0.433. The van der Waals surface area contributed by atoms with Gasteiger partial charge >= 0.3 is 5.69 Å². The maximum Gasteiger partial charge on any atom is 0.325 e. The number of nitrogens with zero attached hydrogens (tertiary/aromatic N) is 3. The van der Waals surface area contributed by atoms with Crippen LogP contribution < -0.4 is 11.2 Å². The molecule has 0 unspecified atom stereocenters. The molecular weight excluding hydrogens is 434 g/mol. The standard InChI is InChI=1S/C22H20ClN5O2S/c1-13-6-7-14(2)18(8-13)28-19(10-17-11-20(29)25-21(30)24-17)26-27-22(28)31-12-15-4-3-5-16(23)9-15/h3-9,11H,10,12H2,1-2H3,(H2,24,25,29,30). The van der Waals surface area contributed by atoms with Gasteiger partial charge in [-0.15, -0.1) is 10.2 Å². The zero-order valence-corrected chi connectivity index (χ0v) is 18.5. The van der Waals surface area contributed by atoms with Crippen LogP contribution in [0.2, 0.25) is 5.02 Å². The number of aromatic amines is 2. The van der Waals surface area contributed by atoms with Crippen molar-refractivity contribution in [3.05, 3.63) is 103 Å². The average molecular weight is 454 g/mol. The number of aryl methyl sites for hydroxylation is 2. The van der Waals surface area contributed by atoms with Gasteiger partial charge < -0.3 is 4.98 Å². The Balaban J connectivity index is 1.75. The monoisotopic (exact) mass is 453 g/mol. The van der Waals surface area contributed by atoms with Gasteiger partial charge in [-0.25, -0.2) is 4.79 Å². The molecule has 0 fully saturated rings. The number of rotatable bonds is 6. The van der Waals surface area contributed by atoms with Gasteiger partial charge in [0.15, 0.2) is 5.16 Å². The second-order valence-corrected chi connectivity index (χ2v) is 8.61. The van der Waals surface area contributed by atoms with Crippen molar-refractivity contribution in [2.24, 2.45) is 0 Å². The molecule has 0 saturated carbocycles. The van der Waals surface area contributed by atoms with Crippen molar-refractivity contribution in [1.82, 2.24) is 24.7 Å². The highest BCUT2D eigenvalue weighted by atomic mass is 35.5. The zero-order chi connectivity index (χ0) is 22.0. The summed E-state index contributed by atoms with van der Waals surface area (Å²) in [5, 5.41) is 10.2. The molecule has 0 aliphatic carbocycles. The summed E-state index contributed by atoms with van der Waals surface area (Å²) in [6.45, 7) is 4.05. The van der Waals surface area contributed by atoms with Gasteiger partial charge in [0.05, 0.1) is 5.69 Å². The fourth-order valence-corrected chi connectivity index (χ4v) is 4.39. The molecule has 31 heavy (non-hydrogen) atoms. The predicted molar refractivity (Wildman–Crippen MR) is 122 cm³/mol. The van der Waals surface area contributed by atoms with Gasteiger partial charge in [0.25, 0.3) is 5.56 Å². The third-order valence-electron chi connectivity index (χ3n) is 4.73. The molecule has 0 amide bonds. The van der Waals surface area contributed by atoms with Gasteiger partial charge in [-0.3, -0.25) is 14.3 Å². The molecule has 0 atom stereocenters. The summed E-state index contributed by atoms with van der Waals surface area (Å²) in [6, 6.07) is 15.2. The molecule has 0 aliphatic heterocycles. The van der Waals surface area contributed by atoms with E-state index in [4.69, 9.17) is 11.6 Å². The van der Waals surface area contributed by atoms with E-state index in [0.29, 0.717) is 22.3 Å². The van der Waals surface area contributed by atoms with Crippen LogP contribution in [0.4, 0.5) is 0 Å².